The Bertz CT molecular complexity index is 799. The third-order valence-corrected chi connectivity index (χ3v) is 3.07. The van der Waals surface area contributed by atoms with Gasteiger partial charge in [-0.05, 0) is 48.0 Å². The van der Waals surface area contributed by atoms with Crippen molar-refractivity contribution in [2.24, 2.45) is 0 Å². The number of hydrogen-bond acceptors (Lipinski definition) is 5. The van der Waals surface area contributed by atoms with E-state index in [2.05, 4.69) is 10.1 Å². The summed E-state index contributed by atoms with van der Waals surface area (Å²) in [5.41, 5.74) is 0.321. The molecule has 0 radical (unpaired) electrons. The van der Waals surface area contributed by atoms with Gasteiger partial charge in [0, 0.05) is 5.56 Å². The van der Waals surface area contributed by atoms with Crippen LogP contribution in [0.2, 0.25) is 0 Å². The highest BCUT2D eigenvalue weighted by Gasteiger charge is 2.15. The molecule has 24 heavy (non-hydrogen) atoms. The van der Waals surface area contributed by atoms with Crippen LogP contribution in [0.25, 0.3) is 6.08 Å². The van der Waals surface area contributed by atoms with E-state index in [-0.39, 0.29) is 22.8 Å². The Morgan fingerprint density at radius 3 is 2.33 bits per heavy atom. The molecule has 1 amide bonds. The zero-order chi connectivity index (χ0) is 17.7. The highest BCUT2D eigenvalue weighted by molar-refractivity contribution is 6.03. The topological polar surface area (TPSA) is 95.9 Å². The minimum atomic E-state index is -0.807. The Morgan fingerprint density at radius 1 is 1.08 bits per heavy atom. The fraction of sp³-hybridized carbons (Fsp3) is 0.0588. The van der Waals surface area contributed by atoms with Crippen LogP contribution in [0.4, 0.5) is 4.39 Å². The number of methoxy groups -OCH3 is 1. The van der Waals surface area contributed by atoms with Crippen molar-refractivity contribution in [1.29, 1.82) is 0 Å². The molecule has 3 N–H and O–H groups in total. The molecule has 0 spiro atoms. The number of benzene rings is 2. The molecule has 0 unspecified atom stereocenters. The average molecular weight is 331 g/mol. The molecule has 2 aromatic carbocycles. The maximum absolute atomic E-state index is 12.9. The van der Waals surface area contributed by atoms with Crippen molar-refractivity contribution in [2.75, 3.05) is 7.11 Å². The van der Waals surface area contributed by atoms with Gasteiger partial charge in [-0.2, -0.15) is 0 Å². The molecule has 0 saturated heterocycles. The van der Waals surface area contributed by atoms with Crippen molar-refractivity contribution >= 4 is 18.0 Å². The lowest BCUT2D eigenvalue weighted by molar-refractivity contribution is -0.136. The van der Waals surface area contributed by atoms with Crippen LogP contribution in [0.5, 0.6) is 11.5 Å². The number of hydrogen-bond donors (Lipinski definition) is 3. The first-order valence-electron chi connectivity index (χ1n) is 6.79. The SMILES string of the molecule is COC(=O)C(=Cc1ccc(O)c(O)c1)NC(=O)c1ccc(F)cc1. The molecule has 0 saturated carbocycles. The summed E-state index contributed by atoms with van der Waals surface area (Å²) in [5.74, 6) is -2.62. The van der Waals surface area contributed by atoms with Crippen LogP contribution in [0, 0.1) is 5.82 Å². The average Bonchev–Trinajstić information content (AvgIpc) is 2.57. The summed E-state index contributed by atoms with van der Waals surface area (Å²) in [4.78, 5) is 23.9. The van der Waals surface area contributed by atoms with E-state index in [1.54, 1.807) is 0 Å². The number of aromatic hydroxyl groups is 2. The standard InChI is InChI=1S/C17H14FNO5/c1-24-17(23)13(8-10-2-7-14(20)15(21)9-10)19-16(22)11-3-5-12(18)6-4-11/h2-9,20-21H,1H3,(H,19,22). The third kappa shape index (κ3) is 4.10. The van der Waals surface area contributed by atoms with Gasteiger partial charge in [0.2, 0.25) is 0 Å². The lowest BCUT2D eigenvalue weighted by Gasteiger charge is -2.09. The lowest BCUT2D eigenvalue weighted by Crippen LogP contribution is -2.28. The number of rotatable bonds is 4. The zero-order valence-electron chi connectivity index (χ0n) is 12.6. The lowest BCUT2D eigenvalue weighted by atomic mass is 10.1. The fourth-order valence-corrected chi connectivity index (χ4v) is 1.85. The van der Waals surface area contributed by atoms with Gasteiger partial charge in [-0.25, -0.2) is 9.18 Å². The molecule has 0 aliphatic rings. The molecule has 0 atom stereocenters. The molecule has 6 nitrogen and oxygen atoms in total. The van der Waals surface area contributed by atoms with Crippen LogP contribution in [0.3, 0.4) is 0 Å². The van der Waals surface area contributed by atoms with Gasteiger partial charge < -0.3 is 20.3 Å². The second kappa shape index (κ2) is 7.28. The molecule has 0 aromatic heterocycles. The van der Waals surface area contributed by atoms with Crippen LogP contribution >= 0.6 is 0 Å². The first-order valence-corrected chi connectivity index (χ1v) is 6.79. The van der Waals surface area contributed by atoms with E-state index in [0.29, 0.717) is 5.56 Å². The van der Waals surface area contributed by atoms with Crippen LogP contribution in [-0.2, 0) is 9.53 Å². The van der Waals surface area contributed by atoms with Crippen molar-refractivity contribution < 1.29 is 28.9 Å². The van der Waals surface area contributed by atoms with Crippen molar-refractivity contribution in [3.8, 4) is 11.5 Å². The predicted molar refractivity (Wildman–Crippen MR) is 83.6 cm³/mol. The van der Waals surface area contributed by atoms with Gasteiger partial charge in [-0.15, -0.1) is 0 Å². The summed E-state index contributed by atoms with van der Waals surface area (Å²) in [6.07, 6.45) is 1.27. The van der Waals surface area contributed by atoms with E-state index in [9.17, 15) is 24.2 Å². The van der Waals surface area contributed by atoms with E-state index >= 15 is 0 Å². The van der Waals surface area contributed by atoms with Crippen LogP contribution in [0.15, 0.2) is 48.2 Å². The molecule has 0 aliphatic heterocycles. The Hall–Kier alpha value is -3.35. The number of esters is 1. The number of nitrogens with one attached hydrogen (secondary N) is 1. The molecular formula is C17H14FNO5. The second-order valence-corrected chi connectivity index (χ2v) is 4.76. The Morgan fingerprint density at radius 2 is 1.75 bits per heavy atom. The van der Waals surface area contributed by atoms with Gasteiger partial charge in [0.05, 0.1) is 7.11 Å². The van der Waals surface area contributed by atoms with E-state index < -0.39 is 17.7 Å². The molecule has 2 rings (SSSR count). The minimum Gasteiger partial charge on any atom is -0.504 e. The number of halogens is 1. The molecule has 2 aromatic rings. The summed E-state index contributed by atoms with van der Waals surface area (Å²) in [5, 5.41) is 21.1. The summed E-state index contributed by atoms with van der Waals surface area (Å²) in [6, 6.07) is 8.66. The highest BCUT2D eigenvalue weighted by atomic mass is 19.1. The van der Waals surface area contributed by atoms with Gasteiger partial charge in [-0.3, -0.25) is 4.79 Å². The van der Waals surface area contributed by atoms with Crippen LogP contribution in [0.1, 0.15) is 15.9 Å². The minimum absolute atomic E-state index is 0.153. The Kier molecular flexibility index (Phi) is 5.16. The molecular weight excluding hydrogens is 317 g/mol. The second-order valence-electron chi connectivity index (χ2n) is 4.76. The zero-order valence-corrected chi connectivity index (χ0v) is 12.6. The molecule has 0 fully saturated rings. The Labute approximate surface area is 136 Å². The summed E-state index contributed by atoms with van der Waals surface area (Å²) in [6.45, 7) is 0. The van der Waals surface area contributed by atoms with Crippen molar-refractivity contribution in [2.45, 2.75) is 0 Å². The Balaban J connectivity index is 2.29. The fourth-order valence-electron chi connectivity index (χ4n) is 1.85. The number of amides is 1. The van der Waals surface area contributed by atoms with Crippen molar-refractivity contribution in [3.05, 3.63) is 65.1 Å². The van der Waals surface area contributed by atoms with Gasteiger partial charge in [-0.1, -0.05) is 6.07 Å². The van der Waals surface area contributed by atoms with E-state index in [4.69, 9.17) is 0 Å². The molecule has 0 aliphatic carbocycles. The van der Waals surface area contributed by atoms with Crippen molar-refractivity contribution in [3.63, 3.8) is 0 Å². The smallest absolute Gasteiger partial charge is 0.354 e. The summed E-state index contributed by atoms with van der Waals surface area (Å²) < 4.78 is 17.5. The maximum atomic E-state index is 12.9. The number of phenols is 2. The van der Waals surface area contributed by atoms with Crippen LogP contribution in [-0.4, -0.2) is 29.2 Å². The molecule has 7 heteroatoms. The van der Waals surface area contributed by atoms with E-state index in [0.717, 1.165) is 19.2 Å². The largest absolute Gasteiger partial charge is 0.504 e. The molecule has 0 bridgehead atoms. The number of carbonyl (C=O) groups excluding carboxylic acids is 2. The first kappa shape index (κ1) is 17.0. The summed E-state index contributed by atoms with van der Waals surface area (Å²) in [7, 11) is 1.15. The number of carbonyl (C=O) groups is 2. The molecule has 124 valence electrons. The van der Waals surface area contributed by atoms with Crippen molar-refractivity contribution in [1.82, 2.24) is 5.32 Å². The van der Waals surface area contributed by atoms with Crippen LogP contribution < -0.4 is 5.32 Å². The molecule has 0 heterocycles. The van der Waals surface area contributed by atoms with Gasteiger partial charge >= 0.3 is 5.97 Å². The third-order valence-electron chi connectivity index (χ3n) is 3.07. The number of phenolic OH excluding ortho intramolecular Hbond substituents is 2. The predicted octanol–water partition coefficient (Wildman–Crippen LogP) is 2.18. The van der Waals surface area contributed by atoms with Gasteiger partial charge in [0.25, 0.3) is 5.91 Å². The maximum Gasteiger partial charge on any atom is 0.354 e. The van der Waals surface area contributed by atoms with Gasteiger partial charge in [0.1, 0.15) is 11.5 Å². The quantitative estimate of drug-likeness (QED) is 0.453. The van der Waals surface area contributed by atoms with Gasteiger partial charge in [0.15, 0.2) is 11.5 Å². The first-order chi connectivity index (χ1) is 11.4. The monoisotopic (exact) mass is 331 g/mol. The summed E-state index contributed by atoms with van der Waals surface area (Å²) >= 11 is 0. The normalized spacial score (nSPS) is 11.0. The van der Waals surface area contributed by atoms with E-state index in [1.165, 1.54) is 36.4 Å². The number of ether oxygens (including phenoxy) is 1. The highest BCUT2D eigenvalue weighted by Crippen LogP contribution is 2.25. The van der Waals surface area contributed by atoms with E-state index in [1.807, 2.05) is 0 Å².